The zero-order valence-electron chi connectivity index (χ0n) is 35.3. The van der Waals surface area contributed by atoms with Crippen molar-refractivity contribution in [3.8, 4) is 33.8 Å². The van der Waals surface area contributed by atoms with Gasteiger partial charge in [0.1, 0.15) is 53.0 Å². The molecule has 0 aliphatic heterocycles. The number of fused-ring (bicyclic) bond motifs is 3. The number of hydrogen-bond acceptors (Lipinski definition) is 12. The number of benzene rings is 3. The minimum Gasteiger partial charge on any atom is -1.00 e. The normalized spacial score (nSPS) is 13.2. The van der Waals surface area contributed by atoms with Gasteiger partial charge in [0.2, 0.25) is 0 Å². The van der Waals surface area contributed by atoms with E-state index in [-0.39, 0.29) is 48.4 Å². The van der Waals surface area contributed by atoms with Crippen LogP contribution in [0, 0.1) is 23.4 Å². The van der Waals surface area contributed by atoms with Crippen molar-refractivity contribution < 1.29 is 44.2 Å². The summed E-state index contributed by atoms with van der Waals surface area (Å²) in [6.45, 7) is 0.915. The van der Waals surface area contributed by atoms with Crippen molar-refractivity contribution >= 4 is 50.6 Å². The first-order chi connectivity index (χ1) is 30.3. The number of rotatable bonds is 8. The molecule has 2 fully saturated rings. The van der Waals surface area contributed by atoms with Crippen molar-refractivity contribution in [3.63, 3.8) is 0 Å². The molecular formula is C47H40F3N12Na. The Labute approximate surface area is 383 Å². The molecule has 9 aromatic rings. The van der Waals surface area contributed by atoms with E-state index in [4.69, 9.17) is 5.73 Å². The fourth-order valence-electron chi connectivity index (χ4n) is 6.81. The van der Waals surface area contributed by atoms with Crippen molar-refractivity contribution in [2.45, 2.75) is 38.1 Å². The summed E-state index contributed by atoms with van der Waals surface area (Å²) in [4.78, 5) is 38.7. The summed E-state index contributed by atoms with van der Waals surface area (Å²) >= 11 is 0. The molecule has 0 amide bonds. The average Bonchev–Trinajstić information content (AvgIpc) is 4.12. The van der Waals surface area contributed by atoms with Crippen molar-refractivity contribution in [1.82, 2.24) is 44.9 Å². The molecule has 0 unspecified atom stereocenters. The van der Waals surface area contributed by atoms with Crippen LogP contribution in [0.1, 0.15) is 33.5 Å². The molecule has 0 bridgehead atoms. The van der Waals surface area contributed by atoms with Gasteiger partial charge in [-0.15, -0.1) is 0 Å². The van der Waals surface area contributed by atoms with Crippen LogP contribution in [-0.4, -0.2) is 57.4 Å². The number of nitrogens with zero attached hydrogens (tertiary/aromatic N) is 9. The van der Waals surface area contributed by atoms with Crippen molar-refractivity contribution in [2.75, 3.05) is 22.9 Å². The van der Waals surface area contributed by atoms with E-state index in [1.165, 1.54) is 62.0 Å². The van der Waals surface area contributed by atoms with Crippen LogP contribution in [0.3, 0.4) is 0 Å². The largest absolute Gasteiger partial charge is 1.00 e. The Balaban J connectivity index is 0.000000142. The summed E-state index contributed by atoms with van der Waals surface area (Å²) in [5.74, 6) is 1.73. The molecule has 2 aliphatic rings. The summed E-state index contributed by atoms with van der Waals surface area (Å²) in [6.07, 6.45) is 10.6. The first-order valence-corrected chi connectivity index (χ1v) is 20.2. The molecule has 0 spiro atoms. The van der Waals surface area contributed by atoms with E-state index in [1.54, 1.807) is 49.1 Å². The maximum Gasteiger partial charge on any atom is 1.00 e. The third kappa shape index (κ3) is 10.5. The third-order valence-corrected chi connectivity index (χ3v) is 10.5. The van der Waals surface area contributed by atoms with Crippen molar-refractivity contribution in [1.29, 1.82) is 0 Å². The number of nitrogen functional groups attached to an aromatic ring is 1. The molecule has 3 aromatic carbocycles. The summed E-state index contributed by atoms with van der Waals surface area (Å²) in [6, 6.07) is 30.7. The van der Waals surface area contributed by atoms with Crippen LogP contribution in [0.5, 0.6) is 0 Å². The molecule has 4 N–H and O–H groups in total. The van der Waals surface area contributed by atoms with Gasteiger partial charge in [-0.1, -0.05) is 36.4 Å². The molecule has 6 aromatic heterocycles. The molecule has 16 heteroatoms. The zero-order valence-corrected chi connectivity index (χ0v) is 36.3. The van der Waals surface area contributed by atoms with Crippen LogP contribution >= 0.6 is 0 Å². The fourth-order valence-corrected chi connectivity index (χ4v) is 6.81. The molecule has 63 heavy (non-hydrogen) atoms. The van der Waals surface area contributed by atoms with Gasteiger partial charge >= 0.3 is 29.6 Å². The number of hydrogen-bond donors (Lipinski definition) is 3. The van der Waals surface area contributed by atoms with Crippen LogP contribution in [0.2, 0.25) is 0 Å². The number of halogens is 3. The van der Waals surface area contributed by atoms with Crippen molar-refractivity contribution in [3.05, 3.63) is 146 Å². The van der Waals surface area contributed by atoms with Crippen LogP contribution in [0.25, 0.3) is 66.9 Å². The molecule has 6 heterocycles. The van der Waals surface area contributed by atoms with E-state index in [1.807, 2.05) is 36.4 Å². The van der Waals surface area contributed by atoms with Crippen LogP contribution < -0.4 is 45.9 Å². The number of aromatic nitrogens is 9. The predicted octanol–water partition coefficient (Wildman–Crippen LogP) is 6.98. The van der Waals surface area contributed by atoms with Gasteiger partial charge in [-0.2, -0.15) is 0 Å². The second-order valence-corrected chi connectivity index (χ2v) is 15.0. The van der Waals surface area contributed by atoms with E-state index >= 15 is 0 Å². The number of nitrogens with one attached hydrogen (secondary N) is 2. The Morgan fingerprint density at radius 2 is 0.968 bits per heavy atom. The fraction of sp³-hybridized carbons (Fsp3) is 0.170. The summed E-state index contributed by atoms with van der Waals surface area (Å²) in [5.41, 5.74) is 14.3. The minimum atomic E-state index is -0.299. The van der Waals surface area contributed by atoms with Gasteiger partial charge in [0, 0.05) is 29.3 Å². The second-order valence-electron chi connectivity index (χ2n) is 15.0. The number of nitrogens with two attached hydrogens (primary N) is 1. The maximum atomic E-state index is 13.4. The first-order valence-electron chi connectivity index (χ1n) is 20.2. The zero-order chi connectivity index (χ0) is 42.4. The van der Waals surface area contributed by atoms with E-state index in [9.17, 15) is 13.2 Å². The van der Waals surface area contributed by atoms with E-state index < -0.39 is 0 Å². The molecule has 0 atom stereocenters. The van der Waals surface area contributed by atoms with Gasteiger partial charge < -0.3 is 17.8 Å². The Morgan fingerprint density at radius 1 is 0.524 bits per heavy atom. The third-order valence-electron chi connectivity index (χ3n) is 10.5. The number of pyridine rings is 3. The average molecular weight is 853 g/mol. The van der Waals surface area contributed by atoms with Crippen LogP contribution in [0.4, 0.5) is 30.6 Å². The molecule has 11 rings (SSSR count). The van der Waals surface area contributed by atoms with Gasteiger partial charge in [0.25, 0.3) is 0 Å². The molecular weight excluding hydrogens is 813 g/mol. The first kappa shape index (κ1) is 43.0. The smallest absolute Gasteiger partial charge is 1.00 e. The van der Waals surface area contributed by atoms with Crippen molar-refractivity contribution in [2.24, 2.45) is 5.92 Å². The van der Waals surface area contributed by atoms with Gasteiger partial charge in [-0.3, -0.25) is 0 Å². The van der Waals surface area contributed by atoms with Gasteiger partial charge in [0.15, 0.2) is 17.5 Å². The van der Waals surface area contributed by atoms with E-state index in [0.717, 1.165) is 81.5 Å². The predicted molar refractivity (Wildman–Crippen MR) is 236 cm³/mol. The van der Waals surface area contributed by atoms with E-state index in [0.29, 0.717) is 34.2 Å². The molecule has 0 radical (unpaired) electrons. The van der Waals surface area contributed by atoms with Gasteiger partial charge in [-0.05, 0) is 111 Å². The van der Waals surface area contributed by atoms with Crippen LogP contribution in [-0.2, 0) is 0 Å². The summed E-state index contributed by atoms with van der Waals surface area (Å²) in [7, 11) is 0. The SMILES string of the molecule is Fc1cccc(-c2ccc3ncnc(NC4CCC4)c3n2)c1.Fc1cccc(-c2ccc3ncnc(NCC4CC4)c3n2)c1.Nc1ncnc2ccc(-c3cccc(F)c3)nc12.[H-].[Na+]. The van der Waals surface area contributed by atoms with E-state index in [2.05, 4.69) is 55.5 Å². The summed E-state index contributed by atoms with van der Waals surface area (Å²) in [5, 5.41) is 6.78. The topological polar surface area (TPSA) is 166 Å². The molecule has 12 nitrogen and oxygen atoms in total. The van der Waals surface area contributed by atoms with Gasteiger partial charge in [-0.25, -0.2) is 58.0 Å². The number of anilines is 3. The molecule has 310 valence electrons. The quantitative estimate of drug-likeness (QED) is 0.135. The molecule has 0 saturated heterocycles. The summed E-state index contributed by atoms with van der Waals surface area (Å²) < 4.78 is 40.0. The Bertz CT molecular complexity index is 3050. The Kier molecular flexibility index (Phi) is 13.4. The van der Waals surface area contributed by atoms with Crippen LogP contribution in [0.15, 0.2) is 128 Å². The monoisotopic (exact) mass is 852 g/mol. The Hall–Kier alpha value is -6.68. The Morgan fingerprint density at radius 3 is 1.43 bits per heavy atom. The standard InChI is InChI=1S/2C17H15FN4.C13H9FN4.Na.H/c18-12-4-1-3-11(9-12)14-7-8-15-16(22-14)17(20-10-19-15)21-13-5-2-6-13;18-13-3-1-2-12(8-13)14-6-7-15-16(22-14)17(21-10-20-15)19-9-11-4-5-11;14-9-3-1-2-8(6-9)10-4-5-11-12(18-10)13(15)17-7-16-11;;/h1,3-4,7-10,13H,2,5-6H2,(H,19,20,21);1-3,6-8,10-11H,4-5,9H2,(H,19,20,21);1-7H,(H2,15,16,17);;/q;;;+1;-1. The minimum absolute atomic E-state index is 0. The maximum absolute atomic E-state index is 13.4. The van der Waals surface area contributed by atoms with Gasteiger partial charge in [0.05, 0.1) is 33.6 Å². The molecule has 2 aliphatic carbocycles. The molecule has 2 saturated carbocycles. The second kappa shape index (κ2) is 19.6.